The molecular weight excluding hydrogens is 242 g/mol. The summed E-state index contributed by atoms with van der Waals surface area (Å²) in [4.78, 5) is 19.3. The van der Waals surface area contributed by atoms with Gasteiger partial charge in [-0.2, -0.15) is 0 Å². The van der Waals surface area contributed by atoms with E-state index in [2.05, 4.69) is 15.3 Å². The molecule has 0 bridgehead atoms. The van der Waals surface area contributed by atoms with Gasteiger partial charge in [-0.05, 0) is 38.1 Å². The summed E-state index contributed by atoms with van der Waals surface area (Å²) >= 11 is 0. The van der Waals surface area contributed by atoms with E-state index in [9.17, 15) is 4.79 Å². The topological polar surface area (TPSA) is 75.1 Å². The second-order valence-electron chi connectivity index (χ2n) is 4.28. The molecule has 5 heteroatoms. The van der Waals surface area contributed by atoms with Gasteiger partial charge < -0.3 is 10.4 Å². The summed E-state index contributed by atoms with van der Waals surface area (Å²) in [7, 11) is 0. The Balaban J connectivity index is 2.13. The van der Waals surface area contributed by atoms with Crippen molar-refractivity contribution in [3.63, 3.8) is 0 Å². The van der Waals surface area contributed by atoms with Gasteiger partial charge in [0.25, 0.3) is 0 Å². The molecule has 0 spiro atoms. The first-order valence-electron chi connectivity index (χ1n) is 5.95. The van der Waals surface area contributed by atoms with E-state index in [0.717, 1.165) is 17.1 Å². The van der Waals surface area contributed by atoms with E-state index < -0.39 is 5.97 Å². The van der Waals surface area contributed by atoms with E-state index in [0.29, 0.717) is 0 Å². The Bertz CT molecular complexity index is 581. The number of aromatic carboxylic acids is 1. The zero-order valence-electron chi connectivity index (χ0n) is 10.8. The quantitative estimate of drug-likeness (QED) is 0.880. The van der Waals surface area contributed by atoms with Gasteiger partial charge in [-0.3, -0.25) is 9.97 Å². The Hall–Kier alpha value is -2.43. The molecule has 0 saturated heterocycles. The lowest BCUT2D eigenvalue weighted by Gasteiger charge is -2.16. The molecule has 1 atom stereocenters. The minimum atomic E-state index is -0.927. The lowest BCUT2D eigenvalue weighted by Crippen LogP contribution is -2.11. The fourth-order valence-electron chi connectivity index (χ4n) is 1.87. The molecule has 1 unspecified atom stereocenters. The number of aromatic nitrogens is 2. The Morgan fingerprint density at radius 2 is 1.84 bits per heavy atom. The second kappa shape index (κ2) is 5.48. The minimum Gasteiger partial charge on any atom is -0.478 e. The summed E-state index contributed by atoms with van der Waals surface area (Å²) in [5.74, 6) is -0.927. The minimum absolute atomic E-state index is 0.00405. The molecule has 2 rings (SSSR count). The van der Waals surface area contributed by atoms with Gasteiger partial charge in [0.2, 0.25) is 0 Å². The van der Waals surface area contributed by atoms with E-state index >= 15 is 0 Å². The van der Waals surface area contributed by atoms with E-state index in [1.54, 1.807) is 36.7 Å². The molecule has 1 aromatic heterocycles. The third-order valence-corrected chi connectivity index (χ3v) is 2.84. The van der Waals surface area contributed by atoms with Gasteiger partial charge in [0.1, 0.15) is 0 Å². The van der Waals surface area contributed by atoms with Gasteiger partial charge in [0, 0.05) is 18.1 Å². The highest BCUT2D eigenvalue weighted by Crippen LogP contribution is 2.19. The monoisotopic (exact) mass is 257 g/mol. The maximum atomic E-state index is 10.8. The van der Waals surface area contributed by atoms with Gasteiger partial charge in [0.15, 0.2) is 0 Å². The van der Waals surface area contributed by atoms with Crippen LogP contribution in [0.15, 0.2) is 36.7 Å². The van der Waals surface area contributed by atoms with Gasteiger partial charge in [-0.25, -0.2) is 4.79 Å². The molecule has 0 aliphatic heterocycles. The van der Waals surface area contributed by atoms with Gasteiger partial charge >= 0.3 is 5.97 Å². The first-order chi connectivity index (χ1) is 9.08. The van der Waals surface area contributed by atoms with Crippen LogP contribution in [0.3, 0.4) is 0 Å². The van der Waals surface area contributed by atoms with Crippen molar-refractivity contribution >= 4 is 11.7 Å². The first-order valence-corrected chi connectivity index (χ1v) is 5.95. The predicted molar refractivity (Wildman–Crippen MR) is 72.2 cm³/mol. The highest BCUT2D eigenvalue weighted by atomic mass is 16.4. The molecule has 0 radical (unpaired) electrons. The summed E-state index contributed by atoms with van der Waals surface area (Å²) in [6.07, 6.45) is 3.32. The van der Waals surface area contributed by atoms with Crippen LogP contribution in [0.4, 0.5) is 5.69 Å². The van der Waals surface area contributed by atoms with Crippen LogP contribution in [0.5, 0.6) is 0 Å². The van der Waals surface area contributed by atoms with Crippen molar-refractivity contribution in [3.05, 3.63) is 53.6 Å². The van der Waals surface area contributed by atoms with Gasteiger partial charge in [-0.15, -0.1) is 0 Å². The van der Waals surface area contributed by atoms with E-state index in [-0.39, 0.29) is 11.6 Å². The molecule has 19 heavy (non-hydrogen) atoms. The van der Waals surface area contributed by atoms with Crippen LogP contribution < -0.4 is 5.32 Å². The average molecular weight is 257 g/mol. The summed E-state index contributed by atoms with van der Waals surface area (Å²) in [5.41, 5.74) is 2.88. The second-order valence-corrected chi connectivity index (χ2v) is 4.28. The molecule has 0 saturated carbocycles. The van der Waals surface area contributed by atoms with E-state index in [1.165, 1.54) is 0 Å². The smallest absolute Gasteiger partial charge is 0.335 e. The maximum Gasteiger partial charge on any atom is 0.335 e. The fraction of sp³-hybridized carbons (Fsp3) is 0.214. The molecule has 98 valence electrons. The van der Waals surface area contributed by atoms with E-state index in [1.807, 2.05) is 13.8 Å². The Labute approximate surface area is 111 Å². The number of benzene rings is 1. The molecule has 0 aliphatic rings. The van der Waals surface area contributed by atoms with Gasteiger partial charge in [0.05, 0.1) is 23.0 Å². The maximum absolute atomic E-state index is 10.8. The largest absolute Gasteiger partial charge is 0.478 e. The average Bonchev–Trinajstić information content (AvgIpc) is 2.39. The van der Waals surface area contributed by atoms with E-state index in [4.69, 9.17) is 5.11 Å². The third kappa shape index (κ3) is 3.07. The fourth-order valence-corrected chi connectivity index (χ4v) is 1.87. The number of rotatable bonds is 4. The van der Waals surface area contributed by atoms with Crippen LogP contribution in [0.2, 0.25) is 0 Å². The zero-order valence-corrected chi connectivity index (χ0v) is 10.8. The van der Waals surface area contributed by atoms with Crippen molar-refractivity contribution in [1.29, 1.82) is 0 Å². The number of carboxylic acids is 1. The normalized spacial score (nSPS) is 11.9. The molecule has 2 aromatic rings. The molecule has 0 amide bonds. The molecule has 0 aliphatic carbocycles. The predicted octanol–water partition coefficient (Wildman–Crippen LogP) is 2.66. The van der Waals surface area contributed by atoms with Crippen LogP contribution in [-0.4, -0.2) is 21.0 Å². The summed E-state index contributed by atoms with van der Waals surface area (Å²) in [5, 5.41) is 12.1. The number of nitrogens with one attached hydrogen (secondary N) is 1. The van der Waals surface area contributed by atoms with Crippen LogP contribution >= 0.6 is 0 Å². The number of hydrogen-bond acceptors (Lipinski definition) is 4. The first kappa shape index (κ1) is 13.0. The summed E-state index contributed by atoms with van der Waals surface area (Å²) in [6, 6.07) is 6.63. The van der Waals surface area contributed by atoms with Gasteiger partial charge in [-0.1, -0.05) is 0 Å². The molecule has 0 fully saturated rings. The lowest BCUT2D eigenvalue weighted by atomic mass is 10.1. The third-order valence-electron chi connectivity index (χ3n) is 2.84. The lowest BCUT2D eigenvalue weighted by molar-refractivity contribution is 0.0697. The van der Waals surface area contributed by atoms with Crippen molar-refractivity contribution in [1.82, 2.24) is 9.97 Å². The number of nitrogens with zero attached hydrogens (tertiary/aromatic N) is 2. The van der Waals surface area contributed by atoms with Crippen molar-refractivity contribution < 1.29 is 9.90 Å². The van der Waals surface area contributed by atoms with Crippen LogP contribution in [0, 0.1) is 6.92 Å². The number of aryl methyl sites for hydroxylation is 1. The number of carboxylic acid groups (broad SMARTS) is 1. The Kier molecular flexibility index (Phi) is 3.75. The number of anilines is 1. The number of hydrogen-bond donors (Lipinski definition) is 2. The summed E-state index contributed by atoms with van der Waals surface area (Å²) in [6.45, 7) is 3.90. The van der Waals surface area contributed by atoms with Crippen molar-refractivity contribution in [2.75, 3.05) is 5.32 Å². The van der Waals surface area contributed by atoms with Crippen LogP contribution in [-0.2, 0) is 0 Å². The SMILES string of the molecule is Cc1nccnc1C(C)Nc1ccc(C(=O)O)cc1. The highest BCUT2D eigenvalue weighted by molar-refractivity contribution is 5.88. The number of carbonyl (C=O) groups is 1. The van der Waals surface area contributed by atoms with Crippen LogP contribution in [0.25, 0.3) is 0 Å². The Morgan fingerprint density at radius 3 is 2.42 bits per heavy atom. The van der Waals surface area contributed by atoms with Crippen molar-refractivity contribution in [2.24, 2.45) is 0 Å². The van der Waals surface area contributed by atoms with Crippen molar-refractivity contribution in [3.8, 4) is 0 Å². The highest BCUT2D eigenvalue weighted by Gasteiger charge is 2.10. The zero-order chi connectivity index (χ0) is 13.8. The Morgan fingerprint density at radius 1 is 1.21 bits per heavy atom. The van der Waals surface area contributed by atoms with Crippen LogP contribution in [0.1, 0.15) is 34.7 Å². The molecule has 1 aromatic carbocycles. The standard InChI is InChI=1S/C14H15N3O2/c1-9-13(16-8-7-15-9)10(2)17-12-5-3-11(4-6-12)14(18)19/h3-8,10,17H,1-2H3,(H,18,19). The molecule has 2 N–H and O–H groups in total. The van der Waals surface area contributed by atoms with Crippen molar-refractivity contribution in [2.45, 2.75) is 19.9 Å². The molecular formula is C14H15N3O2. The molecule has 5 nitrogen and oxygen atoms in total. The summed E-state index contributed by atoms with van der Waals surface area (Å²) < 4.78 is 0. The molecule has 1 heterocycles.